The number of rotatable bonds is 6. The highest BCUT2D eigenvalue weighted by atomic mass is 32.2. The lowest BCUT2D eigenvalue weighted by atomic mass is 10.2. The summed E-state index contributed by atoms with van der Waals surface area (Å²) in [5.74, 6) is -1.16. The normalized spacial score (nSPS) is 16.2. The van der Waals surface area contributed by atoms with Gasteiger partial charge in [0.15, 0.2) is 32.8 Å². The van der Waals surface area contributed by atoms with Crippen LogP contribution in [0.4, 0.5) is 9.52 Å². The number of ether oxygens (including phenoxy) is 1. The Morgan fingerprint density at radius 2 is 2.07 bits per heavy atom. The summed E-state index contributed by atoms with van der Waals surface area (Å²) in [6.07, 6.45) is 6.56. The molecule has 0 saturated heterocycles. The third kappa shape index (κ3) is 5.37. The average molecular weight is 436 g/mol. The molecule has 2 N–H and O–H groups in total. The van der Waals surface area contributed by atoms with Gasteiger partial charge >= 0.3 is 0 Å². The molecule has 2 atom stereocenters. The van der Waals surface area contributed by atoms with Crippen LogP contribution >= 0.6 is 11.3 Å². The number of halogens is 1. The Morgan fingerprint density at radius 3 is 2.69 bits per heavy atom. The number of aliphatic imine (C=N–C) groups is 1. The largest absolute Gasteiger partial charge is 0.477 e. The highest BCUT2D eigenvalue weighted by Gasteiger charge is 2.20. The van der Waals surface area contributed by atoms with Crippen LogP contribution in [-0.4, -0.2) is 36.3 Å². The van der Waals surface area contributed by atoms with Crippen LogP contribution in [0.1, 0.15) is 13.3 Å². The SMILES string of the molecule is CC[C@@H](Oc1ccccc1F)C(=O)N=C1C=CC(=S(=O)(O)Nc2nccs2)C=C1. The van der Waals surface area contributed by atoms with Crippen LogP contribution < -0.4 is 9.46 Å². The molecule has 0 radical (unpaired) electrons. The number of nitrogens with zero attached hydrogens (tertiary/aromatic N) is 2. The van der Waals surface area contributed by atoms with Gasteiger partial charge in [-0.1, -0.05) is 19.1 Å². The van der Waals surface area contributed by atoms with Crippen molar-refractivity contribution in [3.8, 4) is 5.75 Å². The molecular weight excluding hydrogens is 417 g/mol. The zero-order chi connectivity index (χ0) is 20.9. The van der Waals surface area contributed by atoms with E-state index in [4.69, 9.17) is 4.74 Å². The molecule has 3 rings (SSSR count). The Morgan fingerprint density at radius 1 is 1.34 bits per heavy atom. The van der Waals surface area contributed by atoms with Gasteiger partial charge in [-0.15, -0.1) is 11.3 Å². The van der Waals surface area contributed by atoms with Crippen LogP contribution in [0.2, 0.25) is 0 Å². The maximum Gasteiger partial charge on any atom is 0.287 e. The van der Waals surface area contributed by atoms with E-state index < -0.39 is 27.8 Å². The Balaban J connectivity index is 1.73. The van der Waals surface area contributed by atoms with Crippen molar-refractivity contribution in [2.45, 2.75) is 19.4 Å². The molecule has 0 fully saturated rings. The third-order valence-corrected chi connectivity index (χ3v) is 6.00. The highest BCUT2D eigenvalue weighted by molar-refractivity contribution is 7.99. The first-order valence-corrected chi connectivity index (χ1v) is 11.0. The monoisotopic (exact) mass is 435 g/mol. The van der Waals surface area contributed by atoms with Crippen molar-refractivity contribution in [1.29, 1.82) is 0 Å². The van der Waals surface area contributed by atoms with E-state index in [9.17, 15) is 17.9 Å². The summed E-state index contributed by atoms with van der Waals surface area (Å²) in [6.45, 7) is 1.73. The van der Waals surface area contributed by atoms with Crippen molar-refractivity contribution >= 4 is 42.9 Å². The molecule has 1 aromatic carbocycles. The summed E-state index contributed by atoms with van der Waals surface area (Å²) in [4.78, 5) is 20.4. The van der Waals surface area contributed by atoms with E-state index in [1.165, 1.54) is 60.0 Å². The molecule has 0 aliphatic heterocycles. The number of thiazole rings is 1. The average Bonchev–Trinajstić information content (AvgIpc) is 3.20. The molecule has 10 heteroatoms. The van der Waals surface area contributed by atoms with Crippen molar-refractivity contribution in [1.82, 2.24) is 4.98 Å². The van der Waals surface area contributed by atoms with Gasteiger partial charge in [-0.2, -0.15) is 0 Å². The number of carbonyl (C=O) groups is 1. The van der Waals surface area contributed by atoms with Crippen molar-refractivity contribution < 1.29 is 22.7 Å². The molecule has 1 aliphatic rings. The molecule has 2 aromatic rings. The van der Waals surface area contributed by atoms with Gasteiger partial charge in [-0.05, 0) is 42.9 Å². The van der Waals surface area contributed by atoms with Gasteiger partial charge in [0.2, 0.25) is 0 Å². The van der Waals surface area contributed by atoms with Gasteiger partial charge in [0.1, 0.15) is 0 Å². The molecule has 152 valence electrons. The number of benzene rings is 1. The summed E-state index contributed by atoms with van der Waals surface area (Å²) < 4.78 is 44.3. The van der Waals surface area contributed by atoms with Gasteiger partial charge in [0, 0.05) is 11.6 Å². The molecular formula is C19H18FN3O4S2. The minimum absolute atomic E-state index is 0.0217. The third-order valence-electron chi connectivity index (χ3n) is 3.81. The van der Waals surface area contributed by atoms with Gasteiger partial charge in [0.25, 0.3) is 5.91 Å². The Bertz CT molecular complexity index is 1080. The van der Waals surface area contributed by atoms with E-state index in [0.717, 1.165) is 0 Å². The number of hydrogen-bond donors (Lipinski definition) is 2. The molecule has 29 heavy (non-hydrogen) atoms. The molecule has 1 aliphatic carbocycles. The smallest absolute Gasteiger partial charge is 0.287 e. The van der Waals surface area contributed by atoms with Crippen LogP contribution in [0.3, 0.4) is 0 Å². The summed E-state index contributed by atoms with van der Waals surface area (Å²) >= 11 is 1.20. The molecule has 1 unspecified atom stereocenters. The Hall–Kier alpha value is -2.82. The summed E-state index contributed by atoms with van der Waals surface area (Å²) in [6, 6.07) is 5.82. The first-order valence-electron chi connectivity index (χ1n) is 8.60. The predicted octanol–water partition coefficient (Wildman–Crippen LogP) is 3.49. The summed E-state index contributed by atoms with van der Waals surface area (Å²) in [5.41, 5.74) is 0.291. The van der Waals surface area contributed by atoms with E-state index in [1.54, 1.807) is 18.4 Å². The zero-order valence-electron chi connectivity index (χ0n) is 15.3. The van der Waals surface area contributed by atoms with E-state index in [2.05, 4.69) is 14.7 Å². The fourth-order valence-electron chi connectivity index (χ4n) is 2.36. The van der Waals surface area contributed by atoms with Crippen molar-refractivity contribution in [2.24, 2.45) is 4.99 Å². The van der Waals surface area contributed by atoms with E-state index in [0.29, 0.717) is 17.3 Å². The number of amides is 1. The van der Waals surface area contributed by atoms with Gasteiger partial charge in [-0.25, -0.2) is 18.6 Å². The molecule has 0 bridgehead atoms. The molecule has 1 heterocycles. The van der Waals surface area contributed by atoms with Crippen LogP contribution in [0.15, 0.2) is 65.1 Å². The number of anilines is 1. The standard InChI is InChI=1S/C19H18FN3O4S2/c1-2-16(27-17-6-4-3-5-15(17)20)18(24)22-13-7-9-14(10-8-13)29(25,26)23-19-21-11-12-28-19/h3-12,16H,2H2,1H3,(H2,21,23,25,26)/t16-/m1/s1. The van der Waals surface area contributed by atoms with E-state index >= 15 is 0 Å². The first-order chi connectivity index (χ1) is 13.9. The fraction of sp³-hybridized carbons (Fsp3) is 0.158. The van der Waals surface area contributed by atoms with Gasteiger partial charge in [0.05, 0.1) is 10.6 Å². The summed E-state index contributed by atoms with van der Waals surface area (Å²) in [5, 5.41) is 2.00. The Labute approximate surface area is 171 Å². The second kappa shape index (κ2) is 9.12. The van der Waals surface area contributed by atoms with E-state index in [-0.39, 0.29) is 10.6 Å². The topological polar surface area (TPSA) is 101 Å². The molecule has 1 amide bonds. The molecule has 1 aromatic heterocycles. The van der Waals surface area contributed by atoms with Gasteiger partial charge in [-0.3, -0.25) is 14.1 Å². The van der Waals surface area contributed by atoms with Crippen LogP contribution in [0, 0.1) is 5.82 Å². The van der Waals surface area contributed by atoms with Crippen molar-refractivity contribution in [3.63, 3.8) is 0 Å². The minimum atomic E-state index is -3.54. The maximum atomic E-state index is 13.7. The Kier molecular flexibility index (Phi) is 6.57. The second-order valence-electron chi connectivity index (χ2n) is 5.85. The van der Waals surface area contributed by atoms with Crippen LogP contribution in [0.25, 0.3) is 0 Å². The lowest BCUT2D eigenvalue weighted by molar-refractivity contribution is -0.124. The number of nitrogens with one attached hydrogen (secondary N) is 1. The second-order valence-corrected chi connectivity index (χ2v) is 8.48. The van der Waals surface area contributed by atoms with Crippen molar-refractivity contribution in [2.75, 3.05) is 4.72 Å². The quantitative estimate of drug-likeness (QED) is 0.677. The number of carbonyl (C=O) groups excluding carboxylic acids is 1. The number of hydrogen-bond acceptors (Lipinski definition) is 5. The molecule has 7 nitrogen and oxygen atoms in total. The fourth-order valence-corrected chi connectivity index (χ4v) is 4.17. The first kappa shape index (κ1) is 20.9. The highest BCUT2D eigenvalue weighted by Crippen LogP contribution is 2.19. The number of para-hydroxylation sites is 1. The lowest BCUT2D eigenvalue weighted by Gasteiger charge is -2.15. The predicted molar refractivity (Wildman–Crippen MR) is 113 cm³/mol. The lowest BCUT2D eigenvalue weighted by Crippen LogP contribution is -2.26. The van der Waals surface area contributed by atoms with Gasteiger partial charge < -0.3 is 4.74 Å². The number of allylic oxidation sites excluding steroid dienone is 4. The van der Waals surface area contributed by atoms with Crippen LogP contribution in [-0.2, 0) is 14.8 Å². The van der Waals surface area contributed by atoms with Crippen LogP contribution in [0.5, 0.6) is 5.75 Å². The summed E-state index contributed by atoms with van der Waals surface area (Å²) in [7, 11) is -3.54. The maximum absolute atomic E-state index is 13.7. The molecule has 0 spiro atoms. The zero-order valence-corrected chi connectivity index (χ0v) is 17.0. The van der Waals surface area contributed by atoms with E-state index in [1.807, 2.05) is 0 Å². The molecule has 0 saturated carbocycles. The number of aromatic nitrogens is 1. The van der Waals surface area contributed by atoms with Crippen molar-refractivity contribution in [3.05, 3.63) is 66.0 Å². The minimum Gasteiger partial charge on any atom is -0.477 e.